The van der Waals surface area contributed by atoms with Gasteiger partial charge in [0.05, 0.1) is 13.0 Å². The molecule has 2 aromatic carbocycles. The third-order valence-corrected chi connectivity index (χ3v) is 3.39. The molecule has 2 nitrogen and oxygen atoms in total. The molecule has 1 atom stereocenters. The quantitative estimate of drug-likeness (QED) is 0.779. The van der Waals surface area contributed by atoms with Crippen molar-refractivity contribution in [2.75, 3.05) is 7.11 Å². The number of rotatable bonds is 4. The van der Waals surface area contributed by atoms with Crippen molar-refractivity contribution in [3.8, 4) is 0 Å². The third-order valence-electron chi connectivity index (χ3n) is 3.39. The van der Waals surface area contributed by atoms with Crippen molar-refractivity contribution in [2.45, 2.75) is 12.8 Å². The van der Waals surface area contributed by atoms with E-state index in [2.05, 4.69) is 24.3 Å². The van der Waals surface area contributed by atoms with Gasteiger partial charge in [-0.2, -0.15) is 0 Å². The lowest BCUT2D eigenvalue weighted by Gasteiger charge is -2.23. The monoisotopic (exact) mass is 254 g/mol. The molecule has 0 unspecified atom stereocenters. The molecular weight excluding hydrogens is 236 g/mol. The maximum Gasteiger partial charge on any atom is 0.309 e. The Morgan fingerprint density at radius 1 is 0.895 bits per heavy atom. The first-order chi connectivity index (χ1) is 9.24. The molecule has 2 rings (SSSR count). The number of ether oxygens (including phenoxy) is 1. The molecule has 0 heterocycles. The van der Waals surface area contributed by atoms with Crippen LogP contribution in [-0.4, -0.2) is 13.1 Å². The fourth-order valence-corrected chi connectivity index (χ4v) is 2.41. The Balaban J connectivity index is 2.43. The summed E-state index contributed by atoms with van der Waals surface area (Å²) in [5.41, 5.74) is 2.26. The highest BCUT2D eigenvalue weighted by Crippen LogP contribution is 2.32. The van der Waals surface area contributed by atoms with Crippen LogP contribution in [0.4, 0.5) is 0 Å². The predicted molar refractivity (Wildman–Crippen MR) is 75.9 cm³/mol. The zero-order valence-corrected chi connectivity index (χ0v) is 11.2. The molecule has 0 saturated heterocycles. The summed E-state index contributed by atoms with van der Waals surface area (Å²) in [6, 6.07) is 20.2. The van der Waals surface area contributed by atoms with E-state index in [0.29, 0.717) is 0 Å². The number of carbonyl (C=O) groups excluding carboxylic acids is 1. The largest absolute Gasteiger partial charge is 0.469 e. The second-order valence-electron chi connectivity index (χ2n) is 4.61. The molecule has 0 amide bonds. The maximum absolute atomic E-state index is 11.9. The first kappa shape index (κ1) is 13.3. The van der Waals surface area contributed by atoms with Crippen LogP contribution in [0.1, 0.15) is 24.0 Å². The highest BCUT2D eigenvalue weighted by molar-refractivity contribution is 5.74. The summed E-state index contributed by atoms with van der Waals surface area (Å²) < 4.78 is 4.90. The summed E-state index contributed by atoms with van der Waals surface area (Å²) in [7, 11) is 1.44. The summed E-state index contributed by atoms with van der Waals surface area (Å²) in [6.07, 6.45) is 0. The normalized spacial score (nSPS) is 12.2. The Hall–Kier alpha value is -2.09. The average Bonchev–Trinajstić information content (AvgIpc) is 2.49. The zero-order chi connectivity index (χ0) is 13.7. The Morgan fingerprint density at radius 2 is 1.32 bits per heavy atom. The summed E-state index contributed by atoms with van der Waals surface area (Å²) in [5, 5.41) is 0. The molecule has 0 aromatic heterocycles. The molecule has 0 spiro atoms. The second-order valence-corrected chi connectivity index (χ2v) is 4.61. The van der Waals surface area contributed by atoms with E-state index >= 15 is 0 Å². The minimum Gasteiger partial charge on any atom is -0.469 e. The molecule has 0 fully saturated rings. The molecule has 0 aliphatic rings. The summed E-state index contributed by atoms with van der Waals surface area (Å²) >= 11 is 0. The number of carbonyl (C=O) groups is 1. The molecule has 0 aliphatic carbocycles. The van der Waals surface area contributed by atoms with Gasteiger partial charge in [-0.15, -0.1) is 0 Å². The van der Waals surface area contributed by atoms with Gasteiger partial charge in [0.25, 0.3) is 0 Å². The van der Waals surface area contributed by atoms with Crippen molar-refractivity contribution in [1.82, 2.24) is 0 Å². The maximum atomic E-state index is 11.9. The Bertz CT molecular complexity index is 480. The molecule has 0 radical (unpaired) electrons. The van der Waals surface area contributed by atoms with Gasteiger partial charge in [-0.25, -0.2) is 0 Å². The third kappa shape index (κ3) is 3.02. The van der Waals surface area contributed by atoms with E-state index < -0.39 is 0 Å². The van der Waals surface area contributed by atoms with E-state index in [4.69, 9.17) is 4.74 Å². The number of hydrogen-bond acceptors (Lipinski definition) is 2. The van der Waals surface area contributed by atoms with Crippen LogP contribution in [-0.2, 0) is 9.53 Å². The molecule has 2 heteroatoms. The topological polar surface area (TPSA) is 26.3 Å². The Labute approximate surface area is 114 Å². The van der Waals surface area contributed by atoms with Crippen LogP contribution in [0.25, 0.3) is 0 Å². The minimum atomic E-state index is -0.213. The average molecular weight is 254 g/mol. The van der Waals surface area contributed by atoms with Gasteiger partial charge in [-0.05, 0) is 11.1 Å². The standard InChI is InChI=1S/C17H18O2/c1-13(17(18)19-2)16(14-9-5-3-6-10-14)15-11-7-4-8-12-15/h3-13,16H,1-2H3/t13-/m0/s1. The molecule has 0 bridgehead atoms. The fraction of sp³-hybridized carbons (Fsp3) is 0.235. The molecular formula is C17H18O2. The first-order valence-corrected chi connectivity index (χ1v) is 6.41. The highest BCUT2D eigenvalue weighted by Gasteiger charge is 2.27. The Kier molecular flexibility index (Phi) is 4.35. The summed E-state index contributed by atoms with van der Waals surface area (Å²) in [6.45, 7) is 1.91. The zero-order valence-electron chi connectivity index (χ0n) is 11.2. The Morgan fingerprint density at radius 3 is 1.68 bits per heavy atom. The van der Waals surface area contributed by atoms with Crippen molar-refractivity contribution >= 4 is 5.97 Å². The van der Waals surface area contributed by atoms with E-state index in [1.54, 1.807) is 0 Å². The lowest BCUT2D eigenvalue weighted by molar-refractivity contribution is -0.145. The van der Waals surface area contributed by atoms with Crippen LogP contribution >= 0.6 is 0 Å². The van der Waals surface area contributed by atoms with Gasteiger partial charge in [0, 0.05) is 5.92 Å². The number of benzene rings is 2. The van der Waals surface area contributed by atoms with Crippen LogP contribution in [0.2, 0.25) is 0 Å². The highest BCUT2D eigenvalue weighted by atomic mass is 16.5. The van der Waals surface area contributed by atoms with E-state index in [1.165, 1.54) is 7.11 Å². The smallest absolute Gasteiger partial charge is 0.309 e. The van der Waals surface area contributed by atoms with Gasteiger partial charge in [0.1, 0.15) is 0 Å². The lowest BCUT2D eigenvalue weighted by Crippen LogP contribution is -2.21. The number of esters is 1. The SMILES string of the molecule is COC(=O)[C@@H](C)C(c1ccccc1)c1ccccc1. The van der Waals surface area contributed by atoms with Crippen molar-refractivity contribution in [2.24, 2.45) is 5.92 Å². The van der Waals surface area contributed by atoms with Crippen molar-refractivity contribution in [3.63, 3.8) is 0 Å². The van der Waals surface area contributed by atoms with Crippen LogP contribution in [0, 0.1) is 5.92 Å². The molecule has 19 heavy (non-hydrogen) atoms. The first-order valence-electron chi connectivity index (χ1n) is 6.41. The van der Waals surface area contributed by atoms with Crippen LogP contribution in [0.5, 0.6) is 0 Å². The molecule has 0 N–H and O–H groups in total. The predicted octanol–water partition coefficient (Wildman–Crippen LogP) is 3.63. The van der Waals surface area contributed by atoms with E-state index in [-0.39, 0.29) is 17.8 Å². The van der Waals surface area contributed by atoms with Gasteiger partial charge >= 0.3 is 5.97 Å². The van der Waals surface area contributed by atoms with Gasteiger partial charge in [0.15, 0.2) is 0 Å². The van der Waals surface area contributed by atoms with Gasteiger partial charge in [-0.3, -0.25) is 4.79 Å². The number of methoxy groups -OCH3 is 1. The minimum absolute atomic E-state index is 0.0230. The van der Waals surface area contributed by atoms with Crippen LogP contribution in [0.3, 0.4) is 0 Å². The van der Waals surface area contributed by atoms with Crippen molar-refractivity contribution in [1.29, 1.82) is 0 Å². The van der Waals surface area contributed by atoms with Gasteiger partial charge < -0.3 is 4.74 Å². The molecule has 0 saturated carbocycles. The second kappa shape index (κ2) is 6.19. The van der Waals surface area contributed by atoms with Gasteiger partial charge in [-0.1, -0.05) is 67.6 Å². The molecule has 0 aliphatic heterocycles. The summed E-state index contributed by atoms with van der Waals surface area (Å²) in [4.78, 5) is 11.9. The summed E-state index contributed by atoms with van der Waals surface area (Å²) in [5.74, 6) is -0.373. The van der Waals surface area contributed by atoms with E-state index in [0.717, 1.165) is 11.1 Å². The van der Waals surface area contributed by atoms with E-state index in [9.17, 15) is 4.79 Å². The van der Waals surface area contributed by atoms with Crippen LogP contribution < -0.4 is 0 Å². The van der Waals surface area contributed by atoms with E-state index in [1.807, 2.05) is 43.3 Å². The lowest BCUT2D eigenvalue weighted by atomic mass is 9.82. The fourth-order valence-electron chi connectivity index (χ4n) is 2.41. The van der Waals surface area contributed by atoms with Crippen molar-refractivity contribution < 1.29 is 9.53 Å². The molecule has 2 aromatic rings. The van der Waals surface area contributed by atoms with Crippen molar-refractivity contribution in [3.05, 3.63) is 71.8 Å². The number of hydrogen-bond donors (Lipinski definition) is 0. The van der Waals surface area contributed by atoms with Gasteiger partial charge in [0.2, 0.25) is 0 Å². The molecule has 98 valence electrons. The van der Waals surface area contributed by atoms with Crippen LogP contribution in [0.15, 0.2) is 60.7 Å².